The Morgan fingerprint density at radius 2 is 1.89 bits per heavy atom. The third kappa shape index (κ3) is 4.27. The smallest absolute Gasteiger partial charge is 0.257 e. The number of likely N-dealkylation sites (tertiary alicyclic amines) is 1. The van der Waals surface area contributed by atoms with Crippen LogP contribution in [0.4, 0.5) is 5.82 Å². The Balaban J connectivity index is 1.72. The van der Waals surface area contributed by atoms with E-state index in [1.165, 1.54) is 0 Å². The van der Waals surface area contributed by atoms with E-state index in [2.05, 4.69) is 9.97 Å². The second-order valence-electron chi connectivity index (χ2n) is 6.78. The lowest BCUT2D eigenvalue weighted by atomic mass is 10.1. The van der Waals surface area contributed by atoms with Crippen molar-refractivity contribution >= 4 is 11.7 Å². The Kier molecular flexibility index (Phi) is 6.18. The predicted molar refractivity (Wildman–Crippen MR) is 105 cm³/mol. The monoisotopic (exact) mass is 386 g/mol. The number of amides is 1. The van der Waals surface area contributed by atoms with Crippen molar-refractivity contribution in [2.45, 2.75) is 18.9 Å². The lowest BCUT2D eigenvalue weighted by molar-refractivity contribution is 0.0528. The molecule has 0 N–H and O–H groups in total. The molecule has 2 aromatic rings. The molecule has 3 rings (SSSR count). The number of methoxy groups -OCH3 is 2. The average Bonchev–Trinajstić information content (AvgIpc) is 2.73. The first kappa shape index (κ1) is 19.7. The van der Waals surface area contributed by atoms with E-state index in [-0.39, 0.29) is 12.0 Å². The summed E-state index contributed by atoms with van der Waals surface area (Å²) in [4.78, 5) is 25.3. The lowest BCUT2D eigenvalue weighted by Gasteiger charge is -2.33. The molecule has 150 valence electrons. The number of benzene rings is 1. The number of hydrogen-bond donors (Lipinski definition) is 0. The van der Waals surface area contributed by atoms with Gasteiger partial charge in [-0.05, 0) is 31.0 Å². The molecule has 1 fully saturated rings. The zero-order chi connectivity index (χ0) is 20.1. The van der Waals surface area contributed by atoms with Gasteiger partial charge in [0.2, 0.25) is 0 Å². The SMILES string of the molecule is COc1ccc(C(=O)N2CCC[C@@H](Oc3nccnc3N(C)C)C2)cc1OC. The lowest BCUT2D eigenvalue weighted by Crippen LogP contribution is -2.44. The van der Waals surface area contributed by atoms with E-state index in [1.54, 1.807) is 49.7 Å². The van der Waals surface area contributed by atoms with Gasteiger partial charge in [-0.25, -0.2) is 9.97 Å². The zero-order valence-corrected chi connectivity index (χ0v) is 16.7. The van der Waals surface area contributed by atoms with Gasteiger partial charge >= 0.3 is 0 Å². The van der Waals surface area contributed by atoms with Gasteiger partial charge in [0.1, 0.15) is 6.10 Å². The van der Waals surface area contributed by atoms with E-state index in [4.69, 9.17) is 14.2 Å². The minimum Gasteiger partial charge on any atom is -0.493 e. The van der Waals surface area contributed by atoms with Gasteiger partial charge in [0.25, 0.3) is 11.8 Å². The quantitative estimate of drug-likeness (QED) is 0.753. The summed E-state index contributed by atoms with van der Waals surface area (Å²) < 4.78 is 16.6. The minimum atomic E-state index is -0.131. The highest BCUT2D eigenvalue weighted by Gasteiger charge is 2.27. The molecule has 1 aliphatic heterocycles. The van der Waals surface area contributed by atoms with Crippen molar-refractivity contribution in [3.63, 3.8) is 0 Å². The second-order valence-corrected chi connectivity index (χ2v) is 6.78. The molecule has 1 atom stereocenters. The molecular formula is C20H26N4O4. The number of anilines is 1. The van der Waals surface area contributed by atoms with E-state index in [0.29, 0.717) is 41.8 Å². The molecule has 1 aliphatic rings. The van der Waals surface area contributed by atoms with Crippen LogP contribution in [0.25, 0.3) is 0 Å². The highest BCUT2D eigenvalue weighted by molar-refractivity contribution is 5.95. The fourth-order valence-corrected chi connectivity index (χ4v) is 3.24. The summed E-state index contributed by atoms with van der Waals surface area (Å²) in [6, 6.07) is 5.20. The number of aromatic nitrogens is 2. The Labute approximate surface area is 165 Å². The van der Waals surface area contributed by atoms with Crippen molar-refractivity contribution in [3.05, 3.63) is 36.2 Å². The molecule has 1 aromatic carbocycles. The van der Waals surface area contributed by atoms with E-state index in [1.807, 2.05) is 19.0 Å². The van der Waals surface area contributed by atoms with Crippen LogP contribution in [0.2, 0.25) is 0 Å². The van der Waals surface area contributed by atoms with Gasteiger partial charge in [-0.15, -0.1) is 0 Å². The number of rotatable bonds is 6. The normalized spacial score (nSPS) is 16.4. The fourth-order valence-electron chi connectivity index (χ4n) is 3.24. The van der Waals surface area contributed by atoms with E-state index < -0.39 is 0 Å². The van der Waals surface area contributed by atoms with Gasteiger partial charge in [0, 0.05) is 38.6 Å². The first-order valence-corrected chi connectivity index (χ1v) is 9.19. The summed E-state index contributed by atoms with van der Waals surface area (Å²) in [6.07, 6.45) is 4.84. The summed E-state index contributed by atoms with van der Waals surface area (Å²) in [5.41, 5.74) is 0.562. The number of carbonyl (C=O) groups is 1. The number of carbonyl (C=O) groups excluding carboxylic acids is 1. The van der Waals surface area contributed by atoms with Gasteiger partial charge in [-0.2, -0.15) is 0 Å². The number of hydrogen-bond acceptors (Lipinski definition) is 7. The van der Waals surface area contributed by atoms with Crippen molar-refractivity contribution in [1.29, 1.82) is 0 Å². The molecule has 2 heterocycles. The third-order valence-corrected chi connectivity index (χ3v) is 4.64. The topological polar surface area (TPSA) is 77.0 Å². The summed E-state index contributed by atoms with van der Waals surface area (Å²) in [6.45, 7) is 1.19. The van der Waals surface area contributed by atoms with Crippen LogP contribution in [0.3, 0.4) is 0 Å². The molecule has 0 aliphatic carbocycles. The number of piperidine rings is 1. The molecule has 1 saturated heterocycles. The molecule has 0 bridgehead atoms. The largest absolute Gasteiger partial charge is 0.493 e. The first-order valence-electron chi connectivity index (χ1n) is 9.19. The van der Waals surface area contributed by atoms with E-state index >= 15 is 0 Å². The zero-order valence-electron chi connectivity index (χ0n) is 16.7. The highest BCUT2D eigenvalue weighted by Crippen LogP contribution is 2.29. The van der Waals surface area contributed by atoms with E-state index in [0.717, 1.165) is 12.8 Å². The van der Waals surface area contributed by atoms with Gasteiger partial charge in [-0.3, -0.25) is 4.79 Å². The van der Waals surface area contributed by atoms with Crippen LogP contribution < -0.4 is 19.1 Å². The molecule has 0 spiro atoms. The van der Waals surface area contributed by atoms with Gasteiger partial charge in [0.15, 0.2) is 17.3 Å². The van der Waals surface area contributed by atoms with Crippen LogP contribution in [-0.4, -0.2) is 68.3 Å². The maximum atomic E-state index is 13.0. The second kappa shape index (κ2) is 8.77. The molecule has 0 unspecified atom stereocenters. The molecule has 1 aromatic heterocycles. The molecule has 0 saturated carbocycles. The van der Waals surface area contributed by atoms with Crippen molar-refractivity contribution in [1.82, 2.24) is 14.9 Å². The van der Waals surface area contributed by atoms with Crippen molar-refractivity contribution in [3.8, 4) is 17.4 Å². The minimum absolute atomic E-state index is 0.0544. The van der Waals surface area contributed by atoms with Crippen molar-refractivity contribution < 1.29 is 19.0 Å². The van der Waals surface area contributed by atoms with Gasteiger partial charge in [0.05, 0.1) is 20.8 Å². The Morgan fingerprint density at radius 1 is 1.14 bits per heavy atom. The van der Waals surface area contributed by atoms with Crippen LogP contribution in [0.5, 0.6) is 17.4 Å². The van der Waals surface area contributed by atoms with Crippen molar-refractivity contribution in [2.75, 3.05) is 46.3 Å². The predicted octanol–water partition coefficient (Wildman–Crippen LogP) is 2.24. The molecule has 28 heavy (non-hydrogen) atoms. The van der Waals surface area contributed by atoms with Crippen LogP contribution in [0.1, 0.15) is 23.2 Å². The molecule has 8 nitrogen and oxygen atoms in total. The van der Waals surface area contributed by atoms with Crippen molar-refractivity contribution in [2.24, 2.45) is 0 Å². The summed E-state index contributed by atoms with van der Waals surface area (Å²) in [7, 11) is 6.91. The maximum Gasteiger partial charge on any atom is 0.257 e. The molecular weight excluding hydrogens is 360 g/mol. The van der Waals surface area contributed by atoms with Crippen LogP contribution >= 0.6 is 0 Å². The number of ether oxygens (including phenoxy) is 3. The third-order valence-electron chi connectivity index (χ3n) is 4.64. The van der Waals surface area contributed by atoms with E-state index in [9.17, 15) is 4.79 Å². The number of nitrogens with zero attached hydrogens (tertiary/aromatic N) is 4. The molecule has 0 radical (unpaired) electrons. The average molecular weight is 386 g/mol. The summed E-state index contributed by atoms with van der Waals surface area (Å²) >= 11 is 0. The summed E-state index contributed by atoms with van der Waals surface area (Å²) in [5.74, 6) is 2.23. The Bertz CT molecular complexity index is 828. The first-order chi connectivity index (χ1) is 13.5. The fraction of sp³-hybridized carbons (Fsp3) is 0.450. The Morgan fingerprint density at radius 3 is 2.61 bits per heavy atom. The summed E-state index contributed by atoms with van der Waals surface area (Å²) in [5, 5.41) is 0. The standard InChI is InChI=1S/C20H26N4O4/c1-23(2)18-19(22-10-9-21-18)28-15-6-5-11-24(13-15)20(25)14-7-8-16(26-3)17(12-14)27-4/h7-10,12,15H,5-6,11,13H2,1-4H3/t15-/m1/s1. The van der Waals surface area contributed by atoms with Crippen LogP contribution in [0.15, 0.2) is 30.6 Å². The maximum absolute atomic E-state index is 13.0. The Hall–Kier alpha value is -3.03. The molecule has 8 heteroatoms. The van der Waals surface area contributed by atoms with Gasteiger partial charge < -0.3 is 24.0 Å². The van der Waals surface area contributed by atoms with Gasteiger partial charge in [-0.1, -0.05) is 0 Å². The molecule has 1 amide bonds. The highest BCUT2D eigenvalue weighted by atomic mass is 16.5. The van der Waals surface area contributed by atoms with Crippen LogP contribution in [0, 0.1) is 0 Å². The van der Waals surface area contributed by atoms with Crippen LogP contribution in [-0.2, 0) is 0 Å².